The van der Waals surface area contributed by atoms with Crippen LogP contribution in [0.3, 0.4) is 0 Å². The Morgan fingerprint density at radius 1 is 0.938 bits per heavy atom. The van der Waals surface area contributed by atoms with Gasteiger partial charge in [0.1, 0.15) is 6.61 Å². The largest absolute Gasteiger partial charge is 0.486 e. The summed E-state index contributed by atoms with van der Waals surface area (Å²) in [6.07, 6.45) is 1.59. The Balaban J connectivity index is 1.54. The van der Waals surface area contributed by atoms with Crippen LogP contribution >= 0.6 is 46.6 Å². The Morgan fingerprint density at radius 3 is 2.19 bits per heavy atom. The zero-order chi connectivity index (χ0) is 22.8. The number of nitrogens with zero attached hydrogens (tertiary/aromatic N) is 1. The van der Waals surface area contributed by atoms with Gasteiger partial charge < -0.3 is 4.74 Å². The van der Waals surface area contributed by atoms with E-state index in [1.54, 1.807) is 42.5 Å². The van der Waals surface area contributed by atoms with E-state index in [0.29, 0.717) is 38.7 Å². The lowest BCUT2D eigenvalue weighted by atomic mass is 10.1. The van der Waals surface area contributed by atoms with Crippen molar-refractivity contribution in [1.29, 1.82) is 0 Å². The number of amides is 2. The van der Waals surface area contributed by atoms with E-state index in [9.17, 15) is 9.59 Å². The third-order valence-electron chi connectivity index (χ3n) is 4.70. The molecule has 2 amide bonds. The molecule has 4 nitrogen and oxygen atoms in total. The van der Waals surface area contributed by atoms with Crippen molar-refractivity contribution in [3.63, 3.8) is 0 Å². The highest BCUT2D eigenvalue weighted by Crippen LogP contribution is 2.39. The molecule has 0 radical (unpaired) electrons. The van der Waals surface area contributed by atoms with E-state index >= 15 is 0 Å². The third kappa shape index (κ3) is 4.97. The van der Waals surface area contributed by atoms with Gasteiger partial charge in [-0.3, -0.25) is 9.59 Å². The van der Waals surface area contributed by atoms with E-state index in [1.165, 1.54) is 0 Å². The summed E-state index contributed by atoms with van der Waals surface area (Å²) >= 11 is 19.5. The maximum Gasteiger partial charge on any atom is 0.298 e. The second-order valence-corrected chi connectivity index (χ2v) is 9.33. The summed E-state index contributed by atoms with van der Waals surface area (Å²) in [5.41, 5.74) is 3.19. The highest BCUT2D eigenvalue weighted by Gasteiger charge is 2.36. The molecule has 1 heterocycles. The molecule has 0 aromatic heterocycles. The molecular formula is C24H16Cl3NO3S. The number of thioether (sulfide) groups is 1. The molecule has 0 unspecified atom stereocenters. The average molecular weight is 505 g/mol. The number of aryl methyl sites for hydroxylation is 1. The molecule has 32 heavy (non-hydrogen) atoms. The first-order valence-corrected chi connectivity index (χ1v) is 11.5. The number of carbonyl (C=O) groups is 2. The van der Waals surface area contributed by atoms with Crippen molar-refractivity contribution in [2.24, 2.45) is 0 Å². The first-order valence-electron chi connectivity index (χ1n) is 9.53. The quantitative estimate of drug-likeness (QED) is 0.333. The van der Waals surface area contributed by atoms with Gasteiger partial charge in [-0.1, -0.05) is 64.6 Å². The number of carbonyl (C=O) groups excluding carboxylic acids is 2. The molecule has 0 atom stereocenters. The van der Waals surface area contributed by atoms with Gasteiger partial charge in [0.2, 0.25) is 0 Å². The topological polar surface area (TPSA) is 46.6 Å². The van der Waals surface area contributed by atoms with Crippen molar-refractivity contribution in [3.8, 4) is 5.75 Å². The minimum atomic E-state index is -0.422. The Kier molecular flexibility index (Phi) is 6.82. The van der Waals surface area contributed by atoms with Crippen molar-refractivity contribution in [1.82, 2.24) is 0 Å². The fourth-order valence-corrected chi connectivity index (χ4v) is 4.65. The van der Waals surface area contributed by atoms with Crippen LogP contribution in [0.1, 0.15) is 16.7 Å². The molecule has 0 bridgehead atoms. The van der Waals surface area contributed by atoms with Gasteiger partial charge in [-0.15, -0.1) is 0 Å². The molecule has 0 aliphatic carbocycles. The van der Waals surface area contributed by atoms with Gasteiger partial charge in [-0.25, -0.2) is 4.90 Å². The summed E-state index contributed by atoms with van der Waals surface area (Å²) in [5.74, 6) is -0.0606. The molecule has 162 valence electrons. The lowest BCUT2D eigenvalue weighted by molar-refractivity contribution is -0.113. The standard InChI is InChI=1S/C24H16Cl3NO3S/c1-14-2-4-15(5-3-14)13-31-22-19(26)10-16(11-20(22)27)12-21-23(29)28(24(30)32-21)18-8-6-17(25)7-9-18/h2-12H,13H2,1H3/b21-12+. The number of ether oxygens (including phenoxy) is 1. The Labute approximate surface area is 204 Å². The molecular weight excluding hydrogens is 489 g/mol. The third-order valence-corrected chi connectivity index (χ3v) is 6.38. The molecule has 1 fully saturated rings. The molecule has 1 aliphatic heterocycles. The van der Waals surface area contributed by atoms with Crippen molar-refractivity contribution in [3.05, 3.63) is 97.3 Å². The lowest BCUT2D eigenvalue weighted by Gasteiger charge is -2.12. The predicted molar refractivity (Wildman–Crippen MR) is 132 cm³/mol. The van der Waals surface area contributed by atoms with E-state index in [0.717, 1.165) is 27.8 Å². The number of imide groups is 1. The van der Waals surface area contributed by atoms with Gasteiger partial charge >= 0.3 is 0 Å². The number of anilines is 1. The number of hydrogen-bond donors (Lipinski definition) is 0. The molecule has 1 aliphatic rings. The van der Waals surface area contributed by atoms with Gasteiger partial charge in [0.15, 0.2) is 5.75 Å². The molecule has 8 heteroatoms. The average Bonchev–Trinajstić information content (AvgIpc) is 3.02. The predicted octanol–water partition coefficient (Wildman–Crippen LogP) is 7.78. The van der Waals surface area contributed by atoms with Crippen molar-refractivity contribution < 1.29 is 14.3 Å². The number of hydrogen-bond acceptors (Lipinski definition) is 4. The highest BCUT2D eigenvalue weighted by molar-refractivity contribution is 8.19. The van der Waals surface area contributed by atoms with Crippen molar-refractivity contribution >= 4 is 69.5 Å². The minimum Gasteiger partial charge on any atom is -0.486 e. The summed E-state index contributed by atoms with van der Waals surface area (Å²) in [4.78, 5) is 26.6. The number of halogens is 3. The van der Waals surface area contributed by atoms with Crippen LogP contribution in [0.15, 0.2) is 65.6 Å². The molecule has 3 aromatic carbocycles. The van der Waals surface area contributed by atoms with E-state index in [2.05, 4.69) is 0 Å². The smallest absolute Gasteiger partial charge is 0.298 e. The van der Waals surface area contributed by atoms with Crippen LogP contribution in [-0.2, 0) is 11.4 Å². The summed E-state index contributed by atoms with van der Waals surface area (Å²) in [6.45, 7) is 2.33. The van der Waals surface area contributed by atoms with E-state index < -0.39 is 5.91 Å². The van der Waals surface area contributed by atoms with Crippen LogP contribution in [0, 0.1) is 6.92 Å². The molecule has 0 spiro atoms. The van der Waals surface area contributed by atoms with E-state index in [1.807, 2.05) is 31.2 Å². The van der Waals surface area contributed by atoms with Gasteiger partial charge in [-0.2, -0.15) is 0 Å². The summed E-state index contributed by atoms with van der Waals surface area (Å²) in [6, 6.07) is 17.7. The van der Waals surface area contributed by atoms with Crippen LogP contribution in [0.4, 0.5) is 10.5 Å². The van der Waals surface area contributed by atoms with E-state index in [-0.39, 0.29) is 10.1 Å². The second-order valence-electron chi connectivity index (χ2n) is 7.08. The monoisotopic (exact) mass is 503 g/mol. The van der Waals surface area contributed by atoms with Gasteiger partial charge in [0, 0.05) is 5.02 Å². The maximum absolute atomic E-state index is 12.8. The Morgan fingerprint density at radius 2 is 1.56 bits per heavy atom. The van der Waals surface area contributed by atoms with Gasteiger partial charge in [0.25, 0.3) is 11.1 Å². The normalized spacial score (nSPS) is 15.0. The second kappa shape index (κ2) is 9.59. The molecule has 0 N–H and O–H groups in total. The zero-order valence-corrected chi connectivity index (χ0v) is 19.9. The molecule has 0 saturated carbocycles. The highest BCUT2D eigenvalue weighted by atomic mass is 35.5. The molecule has 4 rings (SSSR count). The lowest BCUT2D eigenvalue weighted by Crippen LogP contribution is -2.27. The van der Waals surface area contributed by atoms with Crippen LogP contribution in [0.2, 0.25) is 15.1 Å². The first kappa shape index (κ1) is 22.7. The fraction of sp³-hybridized carbons (Fsp3) is 0.0833. The van der Waals surface area contributed by atoms with Crippen LogP contribution in [-0.4, -0.2) is 11.1 Å². The Bertz CT molecular complexity index is 1200. The summed E-state index contributed by atoms with van der Waals surface area (Å²) in [5, 5.41) is 0.754. The fourth-order valence-electron chi connectivity index (χ4n) is 3.07. The summed E-state index contributed by atoms with van der Waals surface area (Å²) < 4.78 is 5.81. The summed E-state index contributed by atoms with van der Waals surface area (Å²) in [7, 11) is 0. The van der Waals surface area contributed by atoms with Crippen molar-refractivity contribution in [2.75, 3.05) is 4.90 Å². The molecule has 3 aromatic rings. The number of rotatable bonds is 5. The van der Waals surface area contributed by atoms with Crippen molar-refractivity contribution in [2.45, 2.75) is 13.5 Å². The SMILES string of the molecule is Cc1ccc(COc2c(Cl)cc(/C=C3/SC(=O)N(c4ccc(Cl)cc4)C3=O)cc2Cl)cc1. The van der Waals surface area contributed by atoms with Gasteiger partial charge in [-0.05, 0) is 72.3 Å². The Hall–Kier alpha value is -2.44. The van der Waals surface area contributed by atoms with Crippen LogP contribution in [0.25, 0.3) is 6.08 Å². The van der Waals surface area contributed by atoms with E-state index in [4.69, 9.17) is 39.5 Å². The van der Waals surface area contributed by atoms with Gasteiger partial charge in [0.05, 0.1) is 20.6 Å². The minimum absolute atomic E-state index is 0.269. The van der Waals surface area contributed by atoms with Crippen LogP contribution in [0.5, 0.6) is 5.75 Å². The maximum atomic E-state index is 12.8. The number of benzene rings is 3. The first-order chi connectivity index (χ1) is 15.3. The molecule has 1 saturated heterocycles. The van der Waals surface area contributed by atoms with Crippen LogP contribution < -0.4 is 9.64 Å². The zero-order valence-electron chi connectivity index (χ0n) is 16.8.